The molecule has 0 spiro atoms. The van der Waals surface area contributed by atoms with E-state index in [0.29, 0.717) is 5.75 Å². The Balaban J connectivity index is 3.60. The lowest BCUT2D eigenvalue weighted by Gasteiger charge is -2.10. The molecule has 2 atom stereocenters. The Bertz CT molecular complexity index is 126. The highest BCUT2D eigenvalue weighted by Gasteiger charge is 2.15. The number of carbonyl (C=O) groups is 1. The first-order valence-corrected chi connectivity index (χ1v) is 6.51. The average Bonchev–Trinajstić information content (AvgIpc) is 1.97. The predicted octanol–water partition coefficient (Wildman–Crippen LogP) is 0.762. The third-order valence-electron chi connectivity index (χ3n) is 0.861. The second kappa shape index (κ2) is 7.18. The Kier molecular flexibility index (Phi) is 7.52. The minimum atomic E-state index is -0.904. The first-order valence-electron chi connectivity index (χ1n) is 2.72. The van der Waals surface area contributed by atoms with Crippen LogP contribution in [0, 0.1) is 0 Å². The van der Waals surface area contributed by atoms with Crippen molar-refractivity contribution in [3.8, 4) is 0 Å². The molecule has 66 valence electrons. The van der Waals surface area contributed by atoms with Crippen molar-refractivity contribution in [2.24, 2.45) is 0 Å². The summed E-state index contributed by atoms with van der Waals surface area (Å²) in [5.74, 6) is -0.435. The van der Waals surface area contributed by atoms with Crippen LogP contribution >= 0.6 is 29.6 Å². The Morgan fingerprint density at radius 1 is 1.91 bits per heavy atom. The number of carboxylic acids is 1. The van der Waals surface area contributed by atoms with Gasteiger partial charge in [0, 0.05) is 5.75 Å². The molecule has 0 radical (unpaired) electrons. The van der Waals surface area contributed by atoms with E-state index in [1.165, 1.54) is 28.3 Å². The van der Waals surface area contributed by atoms with Gasteiger partial charge in [0.05, 0.1) is 7.11 Å². The molecule has 4 nitrogen and oxygen atoms in total. The standard InChI is InChI=1S/C4H10NO3PS2/c1-8-5-3(4(6)7)2-10-11-9/h3,5H,2,9H2,1H3,(H,6,7). The van der Waals surface area contributed by atoms with Crippen molar-refractivity contribution in [1.29, 1.82) is 0 Å². The van der Waals surface area contributed by atoms with Crippen LogP contribution in [0.1, 0.15) is 0 Å². The molecule has 0 rings (SSSR count). The number of carboxylic acid groups (broad SMARTS) is 1. The van der Waals surface area contributed by atoms with Crippen LogP contribution < -0.4 is 5.48 Å². The van der Waals surface area contributed by atoms with Crippen LogP contribution in [0.15, 0.2) is 0 Å². The second-order valence-electron chi connectivity index (χ2n) is 1.59. The lowest BCUT2D eigenvalue weighted by molar-refractivity contribution is -0.142. The highest BCUT2D eigenvalue weighted by molar-refractivity contribution is 8.94. The van der Waals surface area contributed by atoms with Gasteiger partial charge in [0.1, 0.15) is 6.04 Å². The van der Waals surface area contributed by atoms with Crippen LogP contribution in [0.3, 0.4) is 0 Å². The maximum Gasteiger partial charge on any atom is 0.323 e. The number of rotatable bonds is 6. The minimum Gasteiger partial charge on any atom is -0.480 e. The topological polar surface area (TPSA) is 58.6 Å². The quantitative estimate of drug-likeness (QED) is 0.387. The zero-order valence-electron chi connectivity index (χ0n) is 5.94. The number of hydrogen-bond acceptors (Lipinski definition) is 5. The molecule has 0 aromatic rings. The summed E-state index contributed by atoms with van der Waals surface area (Å²) in [7, 11) is 6.72. The van der Waals surface area contributed by atoms with Crippen LogP contribution in [-0.2, 0) is 9.63 Å². The second-order valence-corrected chi connectivity index (χ2v) is 5.37. The fourth-order valence-electron chi connectivity index (χ4n) is 0.405. The number of aliphatic carboxylic acids is 1. The summed E-state index contributed by atoms with van der Waals surface area (Å²) < 4.78 is 0. The molecule has 0 bridgehead atoms. The third kappa shape index (κ3) is 5.75. The van der Waals surface area contributed by atoms with Crippen molar-refractivity contribution < 1.29 is 14.7 Å². The Hall–Kier alpha value is 0.520. The third-order valence-corrected chi connectivity index (χ3v) is 3.51. The van der Waals surface area contributed by atoms with Gasteiger partial charge in [-0.25, -0.2) is 0 Å². The number of hydroxylamine groups is 1. The summed E-state index contributed by atoms with van der Waals surface area (Å²) in [6, 6.07) is -0.641. The summed E-state index contributed by atoms with van der Waals surface area (Å²) in [6.45, 7) is 0. The van der Waals surface area contributed by atoms with E-state index in [1.807, 2.05) is 0 Å². The molecular formula is C4H10NO3PS2. The zero-order chi connectivity index (χ0) is 8.69. The van der Waals surface area contributed by atoms with Gasteiger partial charge in [0.15, 0.2) is 0 Å². The summed E-state index contributed by atoms with van der Waals surface area (Å²) in [6.07, 6.45) is 0. The summed E-state index contributed by atoms with van der Waals surface area (Å²) in [4.78, 5) is 14.9. The fraction of sp³-hybridized carbons (Fsp3) is 0.750. The van der Waals surface area contributed by atoms with Gasteiger partial charge >= 0.3 is 5.97 Å². The Morgan fingerprint density at radius 2 is 2.55 bits per heavy atom. The Morgan fingerprint density at radius 3 is 2.91 bits per heavy atom. The molecular weight excluding hydrogens is 205 g/mol. The molecule has 0 aromatic carbocycles. The van der Waals surface area contributed by atoms with Crippen LogP contribution in [0.5, 0.6) is 0 Å². The molecule has 0 aromatic heterocycles. The van der Waals surface area contributed by atoms with Crippen molar-refractivity contribution in [1.82, 2.24) is 5.48 Å². The van der Waals surface area contributed by atoms with E-state index in [9.17, 15) is 4.79 Å². The van der Waals surface area contributed by atoms with Gasteiger partial charge in [-0.05, 0) is 0 Å². The molecule has 2 unspecified atom stereocenters. The molecule has 11 heavy (non-hydrogen) atoms. The lowest BCUT2D eigenvalue weighted by Crippen LogP contribution is -2.37. The first-order chi connectivity index (χ1) is 5.22. The molecule has 2 N–H and O–H groups in total. The summed E-state index contributed by atoms with van der Waals surface area (Å²) in [5.41, 5.74) is 2.37. The van der Waals surface area contributed by atoms with Crippen LogP contribution in [0.4, 0.5) is 0 Å². The van der Waals surface area contributed by atoms with E-state index in [-0.39, 0.29) is 0 Å². The van der Waals surface area contributed by atoms with E-state index in [2.05, 4.69) is 18.8 Å². The van der Waals surface area contributed by atoms with Gasteiger partial charge in [0.25, 0.3) is 0 Å². The van der Waals surface area contributed by atoms with E-state index in [4.69, 9.17) is 5.11 Å². The molecule has 0 fully saturated rings. The fourth-order valence-corrected chi connectivity index (χ4v) is 2.18. The first kappa shape index (κ1) is 11.5. The van der Waals surface area contributed by atoms with Gasteiger partial charge in [-0.3, -0.25) is 4.79 Å². The lowest BCUT2D eigenvalue weighted by atomic mass is 10.4. The molecule has 0 saturated heterocycles. The van der Waals surface area contributed by atoms with E-state index in [1.54, 1.807) is 0 Å². The molecule has 0 aliphatic rings. The van der Waals surface area contributed by atoms with Gasteiger partial charge in [0.2, 0.25) is 0 Å². The maximum absolute atomic E-state index is 10.4. The van der Waals surface area contributed by atoms with Crippen molar-refractivity contribution in [3.05, 3.63) is 0 Å². The normalized spacial score (nSPS) is 12.9. The molecule has 0 heterocycles. The SMILES string of the molecule is CONC(CSSP)C(=O)O. The summed E-state index contributed by atoms with van der Waals surface area (Å²) >= 11 is 0. The smallest absolute Gasteiger partial charge is 0.323 e. The highest BCUT2D eigenvalue weighted by Crippen LogP contribution is 2.28. The van der Waals surface area contributed by atoms with E-state index >= 15 is 0 Å². The number of hydrogen-bond donors (Lipinski definition) is 2. The van der Waals surface area contributed by atoms with Crippen molar-refractivity contribution in [2.75, 3.05) is 12.9 Å². The Labute approximate surface area is 75.1 Å². The molecule has 7 heteroatoms. The van der Waals surface area contributed by atoms with E-state index in [0.717, 1.165) is 0 Å². The van der Waals surface area contributed by atoms with Crippen molar-refractivity contribution in [3.63, 3.8) is 0 Å². The zero-order valence-corrected chi connectivity index (χ0v) is 8.73. The van der Waals surface area contributed by atoms with Crippen molar-refractivity contribution >= 4 is 35.6 Å². The van der Waals surface area contributed by atoms with Gasteiger partial charge < -0.3 is 9.94 Å². The van der Waals surface area contributed by atoms with Gasteiger partial charge in [-0.1, -0.05) is 29.6 Å². The van der Waals surface area contributed by atoms with Crippen LogP contribution in [0.2, 0.25) is 0 Å². The molecule has 0 aliphatic heterocycles. The largest absolute Gasteiger partial charge is 0.480 e. The van der Waals surface area contributed by atoms with E-state index < -0.39 is 12.0 Å². The van der Waals surface area contributed by atoms with Gasteiger partial charge in [-0.15, -0.1) is 0 Å². The van der Waals surface area contributed by atoms with Crippen LogP contribution in [0.25, 0.3) is 0 Å². The number of nitrogens with one attached hydrogen (secondary N) is 1. The van der Waals surface area contributed by atoms with Crippen molar-refractivity contribution in [2.45, 2.75) is 6.04 Å². The summed E-state index contributed by atoms with van der Waals surface area (Å²) in [5, 5.41) is 8.56. The average molecular weight is 215 g/mol. The molecule has 0 aliphatic carbocycles. The molecule has 0 saturated carbocycles. The van der Waals surface area contributed by atoms with Gasteiger partial charge in [-0.2, -0.15) is 5.48 Å². The van der Waals surface area contributed by atoms with Crippen LogP contribution in [-0.4, -0.2) is 30.0 Å². The monoisotopic (exact) mass is 215 g/mol. The maximum atomic E-state index is 10.4. The molecule has 0 amide bonds. The highest BCUT2D eigenvalue weighted by atomic mass is 33.3. The minimum absolute atomic E-state index is 0.470. The predicted molar refractivity (Wildman–Crippen MR) is 51.3 cm³/mol.